The van der Waals surface area contributed by atoms with Crippen LogP contribution >= 0.6 is 15.9 Å². The van der Waals surface area contributed by atoms with E-state index in [1.807, 2.05) is 37.3 Å². The Hall–Kier alpha value is -4.16. The molecule has 0 spiro atoms. The van der Waals surface area contributed by atoms with E-state index in [0.717, 1.165) is 16.5 Å². The van der Waals surface area contributed by atoms with E-state index in [1.54, 1.807) is 32.9 Å². The quantitative estimate of drug-likeness (QED) is 0.194. The number of nitrogens with zero attached hydrogens (tertiary/aromatic N) is 1. The molecular weight excluding hydrogens is 680 g/mol. The number of aliphatic hydroxyl groups is 1. The Bertz CT molecular complexity index is 1670. The van der Waals surface area contributed by atoms with E-state index in [0.29, 0.717) is 22.2 Å². The first-order valence-corrected chi connectivity index (χ1v) is 16.9. The summed E-state index contributed by atoms with van der Waals surface area (Å²) < 4.78 is 6.41. The van der Waals surface area contributed by atoms with Crippen molar-refractivity contribution in [3.8, 4) is 5.75 Å². The van der Waals surface area contributed by atoms with Crippen molar-refractivity contribution in [3.05, 3.63) is 75.9 Å². The van der Waals surface area contributed by atoms with Crippen LogP contribution in [0.2, 0.25) is 0 Å². The monoisotopic (exact) mass is 724 g/mol. The number of aliphatic hydroxyl groups excluding tert-OH is 1. The lowest BCUT2D eigenvalue weighted by molar-refractivity contribution is -0.149. The van der Waals surface area contributed by atoms with Crippen molar-refractivity contribution in [1.29, 1.82) is 0 Å². The van der Waals surface area contributed by atoms with Crippen LogP contribution in [0.4, 0.5) is 0 Å². The third-order valence-corrected chi connectivity index (χ3v) is 9.60. The maximum absolute atomic E-state index is 14.3. The molecule has 1 aliphatic heterocycles. The lowest BCUT2D eigenvalue weighted by atomic mass is 9.93. The molecule has 0 saturated heterocycles. The molecule has 2 heterocycles. The average Bonchev–Trinajstić information content (AvgIpc) is 3.35. The van der Waals surface area contributed by atoms with Gasteiger partial charge in [-0.25, -0.2) is 0 Å². The maximum atomic E-state index is 14.3. The van der Waals surface area contributed by atoms with E-state index in [9.17, 15) is 29.4 Å². The fraction of sp³-hybridized carbons (Fsp3) is 0.444. The van der Waals surface area contributed by atoms with Gasteiger partial charge in [0.2, 0.25) is 17.7 Å². The summed E-state index contributed by atoms with van der Waals surface area (Å²) in [6.07, 6.45) is 0.626. The van der Waals surface area contributed by atoms with Crippen molar-refractivity contribution in [3.63, 3.8) is 0 Å². The summed E-state index contributed by atoms with van der Waals surface area (Å²) in [6.45, 7) is 8.56. The topological polar surface area (TPSA) is 161 Å². The number of aromatic amines is 1. The van der Waals surface area contributed by atoms with Crippen molar-refractivity contribution in [1.82, 2.24) is 20.5 Å². The zero-order valence-corrected chi connectivity index (χ0v) is 29.7. The van der Waals surface area contributed by atoms with E-state index in [4.69, 9.17) is 4.74 Å². The highest BCUT2D eigenvalue weighted by atomic mass is 79.9. The Balaban J connectivity index is 1.76. The molecule has 11 nitrogen and oxygen atoms in total. The molecule has 3 aromatic rings. The van der Waals surface area contributed by atoms with Crippen LogP contribution in [-0.4, -0.2) is 75.1 Å². The number of carbonyl (C=O) groups is 4. The number of esters is 1. The summed E-state index contributed by atoms with van der Waals surface area (Å²) >= 11 is 3.58. The van der Waals surface area contributed by atoms with Gasteiger partial charge in [-0.2, -0.15) is 0 Å². The lowest BCUT2D eigenvalue weighted by Crippen LogP contribution is -2.55. The van der Waals surface area contributed by atoms with Gasteiger partial charge >= 0.3 is 5.97 Å². The van der Waals surface area contributed by atoms with Crippen LogP contribution in [0, 0.1) is 11.8 Å². The van der Waals surface area contributed by atoms with Gasteiger partial charge < -0.3 is 35.5 Å². The number of phenolic OH excluding ortho intramolecular Hbond substituents is 1. The number of halogens is 1. The number of fused-ring (bicyclic) bond motifs is 1. The third kappa shape index (κ3) is 8.84. The summed E-state index contributed by atoms with van der Waals surface area (Å²) in [5, 5.41) is 27.5. The number of rotatable bonds is 3. The van der Waals surface area contributed by atoms with Gasteiger partial charge in [0.15, 0.2) is 0 Å². The van der Waals surface area contributed by atoms with Gasteiger partial charge in [0, 0.05) is 24.4 Å². The van der Waals surface area contributed by atoms with Gasteiger partial charge in [-0.15, -0.1) is 0 Å². The van der Waals surface area contributed by atoms with Crippen LogP contribution in [0.1, 0.15) is 64.6 Å². The molecule has 0 saturated carbocycles. The minimum atomic E-state index is -1.10. The minimum absolute atomic E-state index is 0.0255. The lowest BCUT2D eigenvalue weighted by Gasteiger charge is -2.32. The average molecular weight is 726 g/mol. The number of para-hydroxylation sites is 1. The molecule has 0 aliphatic carbocycles. The Labute approximate surface area is 289 Å². The molecule has 1 aromatic heterocycles. The normalized spacial score (nSPS) is 28.4. The zero-order valence-electron chi connectivity index (χ0n) is 28.1. The highest BCUT2D eigenvalue weighted by Crippen LogP contribution is 2.29. The SMILES string of the molecule is C/C1=C/[C@H](C)C[C@H](C)OC(=O)C[C@H](c2ccc(O)cc2)NC(=O)[C@@H](Cc2c(Br)[nH]c3ccccc23)N(C)C(=O)[C@H](C)NC(=O)[C@@H](C)[C@@H]1O. The highest BCUT2D eigenvalue weighted by Gasteiger charge is 2.35. The number of allylic oxidation sites excluding steroid dienone is 1. The van der Waals surface area contributed by atoms with Crippen molar-refractivity contribution < 1.29 is 34.1 Å². The fourth-order valence-corrected chi connectivity index (χ4v) is 6.81. The number of amides is 3. The zero-order chi connectivity index (χ0) is 35.3. The van der Waals surface area contributed by atoms with Gasteiger partial charge in [-0.05, 0) is 83.9 Å². The summed E-state index contributed by atoms with van der Waals surface area (Å²) in [5.74, 6) is -3.03. The predicted molar refractivity (Wildman–Crippen MR) is 186 cm³/mol. The third-order valence-electron chi connectivity index (χ3n) is 8.93. The molecule has 1 aliphatic rings. The molecule has 0 unspecified atom stereocenters. The number of H-pyrrole nitrogens is 1. The van der Waals surface area contributed by atoms with Crippen LogP contribution in [0.5, 0.6) is 5.75 Å². The molecule has 12 heteroatoms. The Morgan fingerprint density at radius 2 is 1.62 bits per heavy atom. The van der Waals surface area contributed by atoms with Crippen molar-refractivity contribution in [2.24, 2.45) is 11.8 Å². The first-order chi connectivity index (χ1) is 22.7. The number of carbonyl (C=O) groups excluding carboxylic acids is 4. The summed E-state index contributed by atoms with van der Waals surface area (Å²) in [6, 6.07) is 10.8. The van der Waals surface area contributed by atoms with Crippen LogP contribution in [0.3, 0.4) is 0 Å². The van der Waals surface area contributed by atoms with Gasteiger partial charge in [0.1, 0.15) is 17.8 Å². The molecule has 5 N–H and O–H groups in total. The van der Waals surface area contributed by atoms with Crippen LogP contribution in [-0.2, 0) is 30.3 Å². The first kappa shape index (κ1) is 36.7. The van der Waals surface area contributed by atoms with Crippen molar-refractivity contribution >= 4 is 50.5 Å². The number of hydrogen-bond donors (Lipinski definition) is 5. The van der Waals surface area contributed by atoms with E-state index in [-0.39, 0.29) is 24.5 Å². The molecule has 3 amide bonds. The smallest absolute Gasteiger partial charge is 0.308 e. The van der Waals surface area contributed by atoms with Gasteiger partial charge in [-0.1, -0.05) is 50.3 Å². The summed E-state index contributed by atoms with van der Waals surface area (Å²) in [7, 11) is 1.50. The summed E-state index contributed by atoms with van der Waals surface area (Å²) in [4.78, 5) is 59.2. The van der Waals surface area contributed by atoms with E-state index >= 15 is 0 Å². The largest absolute Gasteiger partial charge is 0.508 e. The molecule has 7 atom stereocenters. The first-order valence-electron chi connectivity index (χ1n) is 16.1. The van der Waals surface area contributed by atoms with E-state index < -0.39 is 59.9 Å². The number of aromatic hydroxyl groups is 1. The molecule has 258 valence electrons. The summed E-state index contributed by atoms with van der Waals surface area (Å²) in [5.41, 5.74) is 2.76. The number of cyclic esters (lactones) is 1. The van der Waals surface area contributed by atoms with Crippen molar-refractivity contribution in [2.45, 2.75) is 84.2 Å². The predicted octanol–water partition coefficient (Wildman–Crippen LogP) is 4.67. The van der Waals surface area contributed by atoms with Crippen LogP contribution in [0.15, 0.2) is 64.8 Å². The second-order valence-electron chi connectivity index (χ2n) is 12.9. The van der Waals surface area contributed by atoms with Gasteiger partial charge in [-0.3, -0.25) is 19.2 Å². The Morgan fingerprint density at radius 1 is 0.958 bits per heavy atom. The van der Waals surface area contributed by atoms with Gasteiger partial charge in [0.05, 0.1) is 35.2 Å². The fourth-order valence-electron chi connectivity index (χ4n) is 6.22. The Morgan fingerprint density at radius 3 is 2.31 bits per heavy atom. The molecular formula is C36H45BrN4O7. The number of hydrogen-bond acceptors (Lipinski definition) is 7. The van der Waals surface area contributed by atoms with Crippen LogP contribution in [0.25, 0.3) is 10.9 Å². The van der Waals surface area contributed by atoms with Gasteiger partial charge in [0.25, 0.3) is 0 Å². The van der Waals surface area contributed by atoms with Crippen molar-refractivity contribution in [2.75, 3.05) is 7.05 Å². The number of benzene rings is 2. The second-order valence-corrected chi connectivity index (χ2v) is 13.7. The molecule has 0 fully saturated rings. The minimum Gasteiger partial charge on any atom is -0.508 e. The number of ether oxygens (including phenoxy) is 1. The van der Waals surface area contributed by atoms with E-state index in [2.05, 4.69) is 31.5 Å². The molecule has 0 bridgehead atoms. The molecule has 2 aromatic carbocycles. The standard InChI is InChI=1S/C36H45BrN4O7/c1-19-15-20(2)32(44)22(4)34(45)38-23(5)36(47)41(6)30(17-27-26-9-7-8-10-28(26)39-33(27)37)35(46)40-29(18-31(43)48-21(3)16-19)24-11-13-25(42)14-12-24/h7-15,19,21-23,29-30,32,39,42,44H,16-18H2,1-6H3,(H,38,45)(H,40,46)/b20-15-/t19-,21-,22-,23-,29+,30+,32+/m0/s1. The number of aromatic nitrogens is 1. The highest BCUT2D eigenvalue weighted by molar-refractivity contribution is 9.10. The maximum Gasteiger partial charge on any atom is 0.308 e. The second kappa shape index (κ2) is 15.8. The van der Waals surface area contributed by atoms with Crippen LogP contribution < -0.4 is 10.6 Å². The molecule has 48 heavy (non-hydrogen) atoms. The van der Waals surface area contributed by atoms with E-state index in [1.165, 1.54) is 31.0 Å². The molecule has 0 radical (unpaired) electrons. The Kier molecular flexibility index (Phi) is 12.1. The molecule has 4 rings (SSSR count). The number of likely N-dealkylation sites (N-methyl/N-ethyl adjacent to an activating group) is 1. The number of nitrogens with one attached hydrogen (secondary N) is 3. The number of phenols is 1.